The van der Waals surface area contributed by atoms with Gasteiger partial charge in [0.1, 0.15) is 0 Å². The van der Waals surface area contributed by atoms with Crippen molar-refractivity contribution in [1.82, 2.24) is 24.2 Å². The second-order valence-corrected chi connectivity index (χ2v) is 6.99. The summed E-state index contributed by atoms with van der Waals surface area (Å²) in [6, 6.07) is 8.27. The summed E-state index contributed by atoms with van der Waals surface area (Å²) in [5.41, 5.74) is 6.15. The Morgan fingerprint density at radius 1 is 1.17 bits per heavy atom. The largest absolute Gasteiger partial charge is 0.346 e. The molecular weight excluding hydrogens is 360 g/mol. The minimum Gasteiger partial charge on any atom is -0.346 e. The molecule has 1 N–H and O–H groups in total. The van der Waals surface area contributed by atoms with E-state index in [0.29, 0.717) is 5.95 Å². The minimum absolute atomic E-state index is 0.0210. The molecule has 4 heterocycles. The molecule has 4 aromatic heterocycles. The molecule has 4 rings (SSSR count). The van der Waals surface area contributed by atoms with Gasteiger partial charge in [0.05, 0.1) is 22.8 Å². The van der Waals surface area contributed by atoms with Crippen molar-refractivity contribution in [2.45, 2.75) is 26.8 Å². The zero-order chi connectivity index (χ0) is 20.4. The average molecular weight is 384 g/mol. The summed E-state index contributed by atoms with van der Waals surface area (Å²) in [4.78, 5) is 4.69. The topological polar surface area (TPSA) is 59.5 Å². The van der Waals surface area contributed by atoms with E-state index in [0.717, 1.165) is 33.4 Å². The van der Waals surface area contributed by atoms with Crippen LogP contribution in [0.4, 0.5) is 5.95 Å². The van der Waals surface area contributed by atoms with Crippen molar-refractivity contribution in [2.75, 3.05) is 5.32 Å². The van der Waals surface area contributed by atoms with Crippen molar-refractivity contribution in [1.29, 1.82) is 0 Å². The molecule has 146 valence electrons. The number of hydrogen-bond acceptors (Lipinski definition) is 4. The number of allylic oxidation sites excluding steroid dienone is 3. The van der Waals surface area contributed by atoms with E-state index in [9.17, 15) is 0 Å². The SMILES string of the molecule is C=C(/C=C\C=C/C)[C@@H](C)Nc1nc(C)c2c(-c3ccn4nccc4c3)ccn2n1. The lowest BCUT2D eigenvalue weighted by atomic mass is 10.1. The quantitative estimate of drug-likeness (QED) is 0.483. The van der Waals surface area contributed by atoms with Gasteiger partial charge in [0.15, 0.2) is 0 Å². The molecule has 0 aliphatic carbocycles. The van der Waals surface area contributed by atoms with Crippen molar-refractivity contribution in [3.05, 3.63) is 85.0 Å². The van der Waals surface area contributed by atoms with Gasteiger partial charge in [-0.25, -0.2) is 14.0 Å². The molecule has 29 heavy (non-hydrogen) atoms. The van der Waals surface area contributed by atoms with Crippen LogP contribution in [-0.2, 0) is 0 Å². The van der Waals surface area contributed by atoms with Gasteiger partial charge in [-0.15, -0.1) is 5.10 Å². The number of pyridine rings is 1. The standard InChI is InChI=1S/C23H24N6/c1-5-6-7-8-16(2)17(3)25-23-26-18(4)22-21(11-14-29(22)27-23)19-10-13-28-20(15-19)9-12-24-28/h5-15,17H,2H2,1,3-4H3,(H,25,27)/b6-5-,8-7-/t17-/m1/s1. The highest BCUT2D eigenvalue weighted by Crippen LogP contribution is 2.28. The number of rotatable bonds is 6. The molecule has 4 aromatic rings. The van der Waals surface area contributed by atoms with Gasteiger partial charge < -0.3 is 5.32 Å². The van der Waals surface area contributed by atoms with Gasteiger partial charge in [-0.1, -0.05) is 30.9 Å². The maximum absolute atomic E-state index is 4.69. The van der Waals surface area contributed by atoms with Crippen LogP contribution in [0.3, 0.4) is 0 Å². The normalized spacial score (nSPS) is 13.1. The average Bonchev–Trinajstić information content (AvgIpc) is 3.34. The molecule has 0 aliphatic heterocycles. The predicted molar refractivity (Wildman–Crippen MR) is 118 cm³/mol. The first-order chi connectivity index (χ1) is 14.1. The second-order valence-electron chi connectivity index (χ2n) is 6.99. The summed E-state index contributed by atoms with van der Waals surface area (Å²) in [6.07, 6.45) is 13.7. The van der Waals surface area contributed by atoms with Gasteiger partial charge in [-0.2, -0.15) is 5.10 Å². The van der Waals surface area contributed by atoms with E-state index in [1.807, 2.05) is 72.6 Å². The first-order valence-electron chi connectivity index (χ1n) is 9.61. The molecule has 0 fully saturated rings. The highest BCUT2D eigenvalue weighted by molar-refractivity contribution is 5.84. The zero-order valence-electron chi connectivity index (χ0n) is 16.9. The molecule has 0 amide bonds. The van der Waals surface area contributed by atoms with E-state index in [-0.39, 0.29) is 6.04 Å². The lowest BCUT2D eigenvalue weighted by molar-refractivity contribution is 0.849. The maximum atomic E-state index is 4.69. The Bertz CT molecular complexity index is 1240. The molecule has 0 saturated carbocycles. The molecule has 6 nitrogen and oxygen atoms in total. The van der Waals surface area contributed by atoms with Gasteiger partial charge in [-0.05, 0) is 56.2 Å². The van der Waals surface area contributed by atoms with Crippen LogP contribution in [0.1, 0.15) is 19.5 Å². The molecule has 0 saturated heterocycles. The Balaban J connectivity index is 1.64. The summed E-state index contributed by atoms with van der Waals surface area (Å²) in [6.45, 7) is 10.2. The third kappa shape index (κ3) is 3.69. The van der Waals surface area contributed by atoms with Crippen LogP contribution in [0, 0.1) is 6.92 Å². The first-order valence-corrected chi connectivity index (χ1v) is 9.61. The fourth-order valence-electron chi connectivity index (χ4n) is 3.31. The number of anilines is 1. The van der Waals surface area contributed by atoms with E-state index in [1.54, 1.807) is 6.20 Å². The van der Waals surface area contributed by atoms with E-state index in [2.05, 4.69) is 40.3 Å². The smallest absolute Gasteiger partial charge is 0.241 e. The van der Waals surface area contributed by atoms with Gasteiger partial charge in [0, 0.05) is 24.2 Å². The molecule has 0 radical (unpaired) electrons. The molecule has 1 atom stereocenters. The van der Waals surface area contributed by atoms with Gasteiger partial charge >= 0.3 is 0 Å². The molecule has 0 unspecified atom stereocenters. The van der Waals surface area contributed by atoms with E-state index in [4.69, 9.17) is 4.98 Å². The fourth-order valence-corrected chi connectivity index (χ4v) is 3.31. The first kappa shape index (κ1) is 18.7. The second kappa shape index (κ2) is 7.75. The summed E-state index contributed by atoms with van der Waals surface area (Å²) in [5, 5.41) is 12.3. The number of fused-ring (bicyclic) bond motifs is 2. The van der Waals surface area contributed by atoms with Crippen LogP contribution in [0.5, 0.6) is 0 Å². The molecule has 0 bridgehead atoms. The Morgan fingerprint density at radius 3 is 2.83 bits per heavy atom. The van der Waals surface area contributed by atoms with Crippen molar-refractivity contribution in [3.63, 3.8) is 0 Å². The van der Waals surface area contributed by atoms with Gasteiger partial charge in [0.25, 0.3) is 0 Å². The number of nitrogens with zero attached hydrogens (tertiary/aromatic N) is 5. The van der Waals surface area contributed by atoms with Crippen LogP contribution in [0.25, 0.3) is 22.2 Å². The van der Waals surface area contributed by atoms with E-state index >= 15 is 0 Å². The van der Waals surface area contributed by atoms with Crippen LogP contribution in [0.15, 0.2) is 79.3 Å². The maximum Gasteiger partial charge on any atom is 0.241 e. The molecule has 0 aliphatic rings. The van der Waals surface area contributed by atoms with Crippen molar-refractivity contribution < 1.29 is 0 Å². The van der Waals surface area contributed by atoms with E-state index in [1.165, 1.54) is 0 Å². The Labute approximate surface area is 169 Å². The summed E-state index contributed by atoms with van der Waals surface area (Å²) < 4.78 is 3.73. The van der Waals surface area contributed by atoms with E-state index < -0.39 is 0 Å². The van der Waals surface area contributed by atoms with Gasteiger partial charge in [-0.3, -0.25) is 0 Å². The van der Waals surface area contributed by atoms with Crippen molar-refractivity contribution >= 4 is 17.0 Å². The van der Waals surface area contributed by atoms with Crippen molar-refractivity contribution in [2.24, 2.45) is 0 Å². The zero-order valence-corrected chi connectivity index (χ0v) is 16.9. The monoisotopic (exact) mass is 384 g/mol. The van der Waals surface area contributed by atoms with Crippen LogP contribution < -0.4 is 5.32 Å². The summed E-state index contributed by atoms with van der Waals surface area (Å²) >= 11 is 0. The number of aryl methyl sites for hydroxylation is 1. The summed E-state index contributed by atoms with van der Waals surface area (Å²) in [7, 11) is 0. The Hall–Kier alpha value is -3.67. The number of hydrogen-bond donors (Lipinski definition) is 1. The highest BCUT2D eigenvalue weighted by atomic mass is 15.3. The lowest BCUT2D eigenvalue weighted by Crippen LogP contribution is -2.19. The molecular formula is C23H24N6. The third-order valence-electron chi connectivity index (χ3n) is 4.91. The van der Waals surface area contributed by atoms with Crippen LogP contribution in [0.2, 0.25) is 0 Å². The summed E-state index contributed by atoms with van der Waals surface area (Å²) in [5.74, 6) is 0.580. The van der Waals surface area contributed by atoms with Gasteiger partial charge in [0.2, 0.25) is 5.95 Å². The highest BCUT2D eigenvalue weighted by Gasteiger charge is 2.13. The Morgan fingerprint density at radius 2 is 2.00 bits per heavy atom. The van der Waals surface area contributed by atoms with Crippen molar-refractivity contribution in [3.8, 4) is 11.1 Å². The lowest BCUT2D eigenvalue weighted by Gasteiger charge is -2.15. The number of aromatic nitrogens is 5. The third-order valence-corrected chi connectivity index (χ3v) is 4.91. The number of nitrogens with one attached hydrogen (secondary N) is 1. The van der Waals surface area contributed by atoms with Crippen LogP contribution in [-0.4, -0.2) is 30.3 Å². The molecule has 6 heteroatoms. The van der Waals surface area contributed by atoms with Crippen LogP contribution >= 0.6 is 0 Å². The Kier molecular flexibility index (Phi) is 4.99. The minimum atomic E-state index is 0.0210. The predicted octanol–water partition coefficient (Wildman–Crippen LogP) is 4.84. The molecule has 0 aromatic carbocycles. The molecule has 0 spiro atoms. The fraction of sp³-hybridized carbons (Fsp3) is 0.174.